The van der Waals surface area contributed by atoms with E-state index in [9.17, 15) is 18.3 Å². The lowest BCUT2D eigenvalue weighted by Gasteiger charge is -2.22. The summed E-state index contributed by atoms with van der Waals surface area (Å²) in [6.07, 6.45) is 1.41. The van der Waals surface area contributed by atoms with Crippen LogP contribution in [0, 0.1) is 0 Å². The molecule has 4 rings (SSSR count). The van der Waals surface area contributed by atoms with Gasteiger partial charge in [-0.05, 0) is 23.6 Å². The van der Waals surface area contributed by atoms with Gasteiger partial charge in [0.1, 0.15) is 5.75 Å². The Hall–Kier alpha value is -3.17. The highest BCUT2D eigenvalue weighted by Gasteiger charge is 2.36. The molecule has 0 fully saturated rings. The van der Waals surface area contributed by atoms with Crippen molar-refractivity contribution in [1.29, 1.82) is 0 Å². The molecule has 2 aromatic carbocycles. The van der Waals surface area contributed by atoms with Crippen molar-refractivity contribution in [1.82, 2.24) is 5.01 Å². The van der Waals surface area contributed by atoms with Crippen LogP contribution in [0.2, 0.25) is 0 Å². The molecule has 3 aromatic rings. The number of nitrogens with zero attached hydrogens (tertiary/aromatic N) is 2. The van der Waals surface area contributed by atoms with Crippen LogP contribution in [-0.2, 0) is 10.0 Å². The molecular weight excluding hydrogens is 422 g/mol. The van der Waals surface area contributed by atoms with Gasteiger partial charge in [0, 0.05) is 17.5 Å². The van der Waals surface area contributed by atoms with Crippen LogP contribution in [0.4, 0.5) is 5.69 Å². The molecule has 1 atom stereocenters. The molecule has 7 nitrogen and oxygen atoms in total. The molecule has 0 unspecified atom stereocenters. The minimum atomic E-state index is -3.49. The fourth-order valence-electron chi connectivity index (χ4n) is 3.41. The molecule has 0 saturated heterocycles. The van der Waals surface area contributed by atoms with Crippen LogP contribution in [0.5, 0.6) is 5.75 Å². The van der Waals surface area contributed by atoms with Gasteiger partial charge < -0.3 is 5.11 Å². The molecule has 154 valence electrons. The van der Waals surface area contributed by atoms with Crippen molar-refractivity contribution in [2.75, 3.05) is 11.0 Å². The number of thiophene rings is 1. The second kappa shape index (κ2) is 7.92. The number of rotatable bonds is 5. The molecule has 1 aliphatic heterocycles. The SMILES string of the molecule is CS(=O)(=O)Nc1ccccc1C1=NN(C(=O)c2cccs2)[C@H](c2ccccc2O)C1. The summed E-state index contributed by atoms with van der Waals surface area (Å²) >= 11 is 1.31. The van der Waals surface area contributed by atoms with E-state index in [1.807, 2.05) is 5.38 Å². The monoisotopic (exact) mass is 441 g/mol. The minimum Gasteiger partial charge on any atom is -0.508 e. The Bertz CT molecular complexity index is 1220. The van der Waals surface area contributed by atoms with Gasteiger partial charge in [0.05, 0.1) is 28.6 Å². The fraction of sp³-hybridized carbons (Fsp3) is 0.143. The van der Waals surface area contributed by atoms with E-state index < -0.39 is 16.1 Å². The van der Waals surface area contributed by atoms with Gasteiger partial charge in [-0.2, -0.15) is 5.10 Å². The Balaban J connectivity index is 1.78. The van der Waals surface area contributed by atoms with Crippen LogP contribution in [0.25, 0.3) is 0 Å². The number of carbonyl (C=O) groups is 1. The quantitative estimate of drug-likeness (QED) is 0.629. The molecule has 9 heteroatoms. The third-order valence-electron chi connectivity index (χ3n) is 4.68. The maximum atomic E-state index is 13.1. The van der Waals surface area contributed by atoms with Crippen LogP contribution in [0.1, 0.15) is 33.3 Å². The van der Waals surface area contributed by atoms with E-state index in [2.05, 4.69) is 9.82 Å². The molecule has 0 radical (unpaired) electrons. The maximum absolute atomic E-state index is 13.1. The van der Waals surface area contributed by atoms with Gasteiger partial charge in [0.25, 0.3) is 5.91 Å². The van der Waals surface area contributed by atoms with Gasteiger partial charge >= 0.3 is 0 Å². The lowest BCUT2D eigenvalue weighted by atomic mass is 9.97. The highest BCUT2D eigenvalue weighted by Crippen LogP contribution is 2.39. The summed E-state index contributed by atoms with van der Waals surface area (Å²) in [5, 5.41) is 18.1. The lowest BCUT2D eigenvalue weighted by molar-refractivity contribution is 0.0714. The lowest BCUT2D eigenvalue weighted by Crippen LogP contribution is -2.26. The van der Waals surface area contributed by atoms with Crippen LogP contribution in [-0.4, -0.2) is 36.4 Å². The predicted molar refractivity (Wildman–Crippen MR) is 117 cm³/mol. The summed E-state index contributed by atoms with van der Waals surface area (Å²) in [5.74, 6) is -0.202. The summed E-state index contributed by atoms with van der Waals surface area (Å²) in [5.41, 5.74) is 2.11. The van der Waals surface area contributed by atoms with E-state index in [4.69, 9.17) is 0 Å². The number of sulfonamides is 1. The first-order valence-corrected chi connectivity index (χ1v) is 11.9. The Morgan fingerprint density at radius 2 is 1.87 bits per heavy atom. The van der Waals surface area contributed by atoms with Crippen molar-refractivity contribution in [3.63, 3.8) is 0 Å². The van der Waals surface area contributed by atoms with Crippen LogP contribution >= 0.6 is 11.3 Å². The fourth-order valence-corrected chi connectivity index (χ4v) is 4.64. The highest BCUT2D eigenvalue weighted by molar-refractivity contribution is 7.92. The average molecular weight is 442 g/mol. The molecule has 0 bridgehead atoms. The van der Waals surface area contributed by atoms with Crippen molar-refractivity contribution in [3.05, 3.63) is 82.0 Å². The third-order valence-corrected chi connectivity index (χ3v) is 6.13. The number of hydrogen-bond acceptors (Lipinski definition) is 6. The number of anilines is 1. The molecule has 1 amide bonds. The first kappa shape index (κ1) is 20.1. The number of para-hydroxylation sites is 2. The van der Waals surface area contributed by atoms with Gasteiger partial charge in [0.2, 0.25) is 10.0 Å². The summed E-state index contributed by atoms with van der Waals surface area (Å²) < 4.78 is 26.1. The number of hydrazone groups is 1. The molecule has 2 heterocycles. The van der Waals surface area contributed by atoms with Crippen molar-refractivity contribution in [2.45, 2.75) is 12.5 Å². The van der Waals surface area contributed by atoms with Crippen LogP contribution in [0.3, 0.4) is 0 Å². The number of hydrogen-bond donors (Lipinski definition) is 2. The molecule has 0 spiro atoms. The van der Waals surface area contributed by atoms with E-state index >= 15 is 0 Å². The van der Waals surface area contributed by atoms with Gasteiger partial charge in [-0.25, -0.2) is 13.4 Å². The second-order valence-electron chi connectivity index (χ2n) is 6.87. The largest absolute Gasteiger partial charge is 0.508 e. The van der Waals surface area contributed by atoms with Crippen molar-refractivity contribution >= 4 is 38.7 Å². The third kappa shape index (κ3) is 4.07. The number of amides is 1. The van der Waals surface area contributed by atoms with E-state index in [1.54, 1.807) is 60.7 Å². The number of aromatic hydroxyl groups is 1. The van der Waals surface area contributed by atoms with Crippen molar-refractivity contribution in [3.8, 4) is 5.75 Å². The van der Waals surface area contributed by atoms with E-state index in [1.165, 1.54) is 16.3 Å². The first-order chi connectivity index (χ1) is 14.3. The Morgan fingerprint density at radius 1 is 1.13 bits per heavy atom. The zero-order chi connectivity index (χ0) is 21.3. The maximum Gasteiger partial charge on any atom is 0.284 e. The topological polar surface area (TPSA) is 99.1 Å². The summed E-state index contributed by atoms with van der Waals surface area (Å²) in [6, 6.07) is 16.7. The summed E-state index contributed by atoms with van der Waals surface area (Å²) in [4.78, 5) is 13.7. The van der Waals surface area contributed by atoms with Gasteiger partial charge in [0.15, 0.2) is 0 Å². The predicted octanol–water partition coefficient (Wildman–Crippen LogP) is 3.82. The summed E-state index contributed by atoms with van der Waals surface area (Å²) in [7, 11) is -3.49. The summed E-state index contributed by atoms with van der Waals surface area (Å²) in [6.45, 7) is 0. The first-order valence-electron chi connectivity index (χ1n) is 9.13. The molecular formula is C21H19N3O4S2. The van der Waals surface area contributed by atoms with Gasteiger partial charge in [-0.3, -0.25) is 9.52 Å². The molecule has 0 saturated carbocycles. The van der Waals surface area contributed by atoms with Crippen LogP contribution < -0.4 is 4.72 Å². The standard InChI is InChI=1S/C21H19N3O4S2/c1-30(27,28)23-16-9-4-2-7-14(16)17-13-18(15-8-3-5-10-19(15)25)24(22-17)21(26)20-11-6-12-29-20/h2-12,18,23,25H,13H2,1H3/t18-/m0/s1. The number of carbonyl (C=O) groups excluding carboxylic acids is 1. The number of phenols is 1. The average Bonchev–Trinajstić information content (AvgIpc) is 3.37. The number of phenolic OH excluding ortho intramolecular Hbond substituents is 1. The normalized spacial score (nSPS) is 16.4. The van der Waals surface area contributed by atoms with E-state index in [0.29, 0.717) is 33.8 Å². The zero-order valence-corrected chi connectivity index (χ0v) is 17.7. The molecule has 1 aromatic heterocycles. The van der Waals surface area contributed by atoms with Gasteiger partial charge in [-0.15, -0.1) is 11.3 Å². The Labute approximate surface area is 178 Å². The van der Waals surface area contributed by atoms with Crippen LogP contribution in [0.15, 0.2) is 71.1 Å². The molecule has 2 N–H and O–H groups in total. The zero-order valence-electron chi connectivity index (χ0n) is 16.0. The second-order valence-corrected chi connectivity index (χ2v) is 9.57. The van der Waals surface area contributed by atoms with Gasteiger partial charge in [-0.1, -0.05) is 42.5 Å². The van der Waals surface area contributed by atoms with Crippen molar-refractivity contribution in [2.24, 2.45) is 5.10 Å². The smallest absolute Gasteiger partial charge is 0.284 e. The molecule has 30 heavy (non-hydrogen) atoms. The number of benzene rings is 2. The molecule has 1 aliphatic rings. The Morgan fingerprint density at radius 3 is 2.57 bits per heavy atom. The molecule has 0 aliphatic carbocycles. The van der Waals surface area contributed by atoms with E-state index in [-0.39, 0.29) is 11.7 Å². The Kier molecular flexibility index (Phi) is 5.31. The highest BCUT2D eigenvalue weighted by atomic mass is 32.2. The minimum absolute atomic E-state index is 0.0745. The van der Waals surface area contributed by atoms with Crippen molar-refractivity contribution < 1.29 is 18.3 Å². The number of nitrogens with one attached hydrogen (secondary N) is 1. The van der Waals surface area contributed by atoms with E-state index in [0.717, 1.165) is 6.26 Å².